The van der Waals surface area contributed by atoms with Crippen molar-refractivity contribution in [2.45, 2.75) is 18.2 Å². The largest absolute Gasteiger partial charge is 0.294 e. The fourth-order valence-corrected chi connectivity index (χ4v) is 2.17. The third-order valence-corrected chi connectivity index (χ3v) is 3.35. The van der Waals surface area contributed by atoms with E-state index in [0.717, 1.165) is 0 Å². The number of hydrogen-bond donors (Lipinski definition) is 0. The number of benzene rings is 1. The van der Waals surface area contributed by atoms with Gasteiger partial charge in [-0.1, -0.05) is 18.5 Å². The smallest absolute Gasteiger partial charge is 0.261 e. The molecule has 0 aliphatic heterocycles. The molecule has 0 atom stereocenters. The molecule has 0 aliphatic rings. The average Bonchev–Trinajstić information content (AvgIpc) is 2.14. The fraction of sp³-hybridized carbons (Fsp3) is 0.222. The van der Waals surface area contributed by atoms with Gasteiger partial charge in [0.2, 0.25) is 0 Å². The van der Waals surface area contributed by atoms with Gasteiger partial charge in [-0.05, 0) is 18.2 Å². The number of rotatable bonds is 3. The van der Waals surface area contributed by atoms with Crippen LogP contribution < -0.4 is 0 Å². The molecule has 0 fully saturated rings. The number of Topliss-reactive ketones (excluding diaryl/α,β-unsaturated/α-hetero) is 1. The summed E-state index contributed by atoms with van der Waals surface area (Å²) in [5, 5.41) is 0.175. The van der Waals surface area contributed by atoms with Gasteiger partial charge in [0.1, 0.15) is 0 Å². The molecule has 0 unspecified atom stereocenters. The highest BCUT2D eigenvalue weighted by atomic mass is 35.7. The van der Waals surface area contributed by atoms with Gasteiger partial charge in [-0.3, -0.25) is 4.79 Å². The van der Waals surface area contributed by atoms with Crippen molar-refractivity contribution in [3.05, 3.63) is 28.8 Å². The summed E-state index contributed by atoms with van der Waals surface area (Å²) in [6.07, 6.45) is 0.280. The third kappa shape index (κ3) is 3.19. The van der Waals surface area contributed by atoms with E-state index in [1.54, 1.807) is 6.92 Å². The zero-order valence-corrected chi connectivity index (χ0v) is 10.2. The Bertz CT molecular complexity index is 494. The molecule has 15 heavy (non-hydrogen) atoms. The topological polar surface area (TPSA) is 51.2 Å². The molecule has 0 radical (unpaired) electrons. The minimum absolute atomic E-state index is 0.159. The molecular formula is C9H8Cl2O3S. The molecule has 1 aromatic carbocycles. The standard InChI is InChI=1S/C9H8Cl2O3S/c1-2-9(12)6-3-7(10)5-8(4-6)15(11,13)14/h3-5H,2H2,1H3. The van der Waals surface area contributed by atoms with Crippen LogP contribution in [-0.2, 0) is 9.05 Å². The van der Waals surface area contributed by atoms with Crippen LogP contribution in [0.4, 0.5) is 0 Å². The van der Waals surface area contributed by atoms with Gasteiger partial charge in [0.05, 0.1) is 4.90 Å². The molecule has 0 aromatic heterocycles. The molecule has 3 nitrogen and oxygen atoms in total. The third-order valence-electron chi connectivity index (χ3n) is 1.80. The van der Waals surface area contributed by atoms with Crippen LogP contribution in [0.3, 0.4) is 0 Å². The van der Waals surface area contributed by atoms with E-state index in [9.17, 15) is 13.2 Å². The molecular weight excluding hydrogens is 259 g/mol. The highest BCUT2D eigenvalue weighted by Crippen LogP contribution is 2.22. The lowest BCUT2D eigenvalue weighted by molar-refractivity contribution is 0.0988. The molecule has 1 aromatic rings. The van der Waals surface area contributed by atoms with Crippen molar-refractivity contribution in [1.82, 2.24) is 0 Å². The van der Waals surface area contributed by atoms with E-state index in [1.165, 1.54) is 18.2 Å². The Labute approximate surface area is 97.4 Å². The van der Waals surface area contributed by atoms with Crippen LogP contribution in [0.1, 0.15) is 23.7 Å². The van der Waals surface area contributed by atoms with Crippen molar-refractivity contribution < 1.29 is 13.2 Å². The monoisotopic (exact) mass is 266 g/mol. The van der Waals surface area contributed by atoms with Crippen molar-refractivity contribution in [3.8, 4) is 0 Å². The maximum absolute atomic E-state index is 11.3. The SMILES string of the molecule is CCC(=O)c1cc(Cl)cc(S(=O)(=O)Cl)c1. The van der Waals surface area contributed by atoms with Crippen molar-refractivity contribution in [2.75, 3.05) is 0 Å². The predicted molar refractivity (Wildman–Crippen MR) is 59.1 cm³/mol. The summed E-state index contributed by atoms with van der Waals surface area (Å²) in [4.78, 5) is 11.2. The van der Waals surface area contributed by atoms with Gasteiger partial charge in [0.25, 0.3) is 9.05 Å². The minimum atomic E-state index is -3.85. The molecule has 1 rings (SSSR count). The van der Waals surface area contributed by atoms with Gasteiger partial charge in [0.15, 0.2) is 5.78 Å². The quantitative estimate of drug-likeness (QED) is 0.625. The zero-order chi connectivity index (χ0) is 11.6. The Hall–Kier alpha value is -0.580. The normalized spacial score (nSPS) is 11.4. The Morgan fingerprint density at radius 3 is 2.40 bits per heavy atom. The molecule has 0 saturated carbocycles. The van der Waals surface area contributed by atoms with E-state index in [2.05, 4.69) is 0 Å². The van der Waals surface area contributed by atoms with Gasteiger partial charge >= 0.3 is 0 Å². The van der Waals surface area contributed by atoms with Gasteiger partial charge in [-0.25, -0.2) is 8.42 Å². The van der Waals surface area contributed by atoms with Gasteiger partial charge in [-0.2, -0.15) is 0 Å². The second-order valence-corrected chi connectivity index (χ2v) is 5.89. The Kier molecular flexibility index (Phi) is 3.76. The maximum Gasteiger partial charge on any atom is 0.261 e. The lowest BCUT2D eigenvalue weighted by Gasteiger charge is -2.02. The second kappa shape index (κ2) is 4.51. The Balaban J connectivity index is 3.35. The number of halogens is 2. The first-order valence-electron chi connectivity index (χ1n) is 4.13. The van der Waals surface area contributed by atoms with E-state index in [4.69, 9.17) is 22.3 Å². The molecule has 0 bridgehead atoms. The molecule has 0 aliphatic carbocycles. The molecule has 0 saturated heterocycles. The summed E-state index contributed by atoms with van der Waals surface area (Å²) in [5.41, 5.74) is 0.254. The lowest BCUT2D eigenvalue weighted by Crippen LogP contribution is -1.99. The maximum atomic E-state index is 11.3. The summed E-state index contributed by atoms with van der Waals surface area (Å²) in [6, 6.07) is 3.84. The van der Waals surface area contributed by atoms with Crippen molar-refractivity contribution in [1.29, 1.82) is 0 Å². The van der Waals surface area contributed by atoms with E-state index >= 15 is 0 Å². The molecule has 0 amide bonds. The molecule has 82 valence electrons. The second-order valence-electron chi connectivity index (χ2n) is 2.89. The first-order chi connectivity index (χ1) is 6.84. The van der Waals surface area contributed by atoms with Crippen LogP contribution in [0, 0.1) is 0 Å². The highest BCUT2D eigenvalue weighted by molar-refractivity contribution is 8.13. The molecule has 0 heterocycles. The average molecular weight is 267 g/mol. The summed E-state index contributed by atoms with van der Waals surface area (Å²) in [5.74, 6) is -0.181. The Morgan fingerprint density at radius 1 is 1.33 bits per heavy atom. The van der Waals surface area contributed by atoms with Crippen LogP contribution in [0.25, 0.3) is 0 Å². The summed E-state index contributed by atoms with van der Waals surface area (Å²) < 4.78 is 22.1. The van der Waals surface area contributed by atoms with E-state index in [0.29, 0.717) is 0 Å². The number of ketones is 1. The van der Waals surface area contributed by atoms with Crippen molar-refractivity contribution in [2.24, 2.45) is 0 Å². The van der Waals surface area contributed by atoms with E-state index in [-0.39, 0.29) is 27.7 Å². The minimum Gasteiger partial charge on any atom is -0.294 e. The summed E-state index contributed by atoms with van der Waals surface area (Å²) >= 11 is 5.68. The van der Waals surface area contributed by atoms with Gasteiger partial charge in [0, 0.05) is 27.7 Å². The van der Waals surface area contributed by atoms with Crippen molar-refractivity contribution >= 4 is 37.1 Å². The fourth-order valence-electron chi connectivity index (χ4n) is 1.07. The van der Waals surface area contributed by atoms with E-state index < -0.39 is 9.05 Å². The Morgan fingerprint density at radius 2 is 1.93 bits per heavy atom. The van der Waals surface area contributed by atoms with Crippen LogP contribution in [-0.4, -0.2) is 14.2 Å². The molecule has 0 spiro atoms. The van der Waals surface area contributed by atoms with E-state index in [1.807, 2.05) is 0 Å². The van der Waals surface area contributed by atoms with Gasteiger partial charge in [-0.15, -0.1) is 0 Å². The van der Waals surface area contributed by atoms with Crippen LogP contribution in [0.5, 0.6) is 0 Å². The highest BCUT2D eigenvalue weighted by Gasteiger charge is 2.14. The lowest BCUT2D eigenvalue weighted by atomic mass is 10.1. The predicted octanol–water partition coefficient (Wildman–Crippen LogP) is 2.86. The summed E-state index contributed by atoms with van der Waals surface area (Å²) in [6.45, 7) is 1.68. The number of hydrogen-bond acceptors (Lipinski definition) is 3. The van der Waals surface area contributed by atoms with Crippen LogP contribution >= 0.6 is 22.3 Å². The van der Waals surface area contributed by atoms with Crippen molar-refractivity contribution in [3.63, 3.8) is 0 Å². The van der Waals surface area contributed by atoms with Gasteiger partial charge < -0.3 is 0 Å². The van der Waals surface area contributed by atoms with Crippen LogP contribution in [0.2, 0.25) is 5.02 Å². The molecule has 6 heteroatoms. The van der Waals surface area contributed by atoms with Crippen LogP contribution in [0.15, 0.2) is 23.1 Å². The first-order valence-corrected chi connectivity index (χ1v) is 6.81. The first kappa shape index (κ1) is 12.5. The summed E-state index contributed by atoms with van der Waals surface area (Å²) in [7, 11) is 1.30. The zero-order valence-electron chi connectivity index (χ0n) is 7.83. The number of carbonyl (C=O) groups is 1. The molecule has 0 N–H and O–H groups in total. The number of carbonyl (C=O) groups excluding carboxylic acids is 1.